The Morgan fingerprint density at radius 3 is 2.29 bits per heavy atom. The number of hydrogen-bond acceptors (Lipinski definition) is 2. The smallest absolute Gasteiger partial charge is 0.320 e. The van der Waals surface area contributed by atoms with Crippen molar-refractivity contribution in [3.63, 3.8) is 0 Å². The Kier molecular flexibility index (Phi) is 7.25. The lowest BCUT2D eigenvalue weighted by atomic mass is 10.1. The highest BCUT2D eigenvalue weighted by atomic mass is 16.4. The van der Waals surface area contributed by atoms with Gasteiger partial charge in [-0.05, 0) is 19.3 Å². The average Bonchev–Trinajstić information content (AvgIpc) is 3.10. The number of carbonyl (C=O) groups is 1. The second kappa shape index (κ2) is 8.51. The zero-order valence-corrected chi connectivity index (χ0v) is 11.1. The van der Waals surface area contributed by atoms with Gasteiger partial charge in [0.05, 0.1) is 0 Å². The van der Waals surface area contributed by atoms with E-state index >= 15 is 0 Å². The molecule has 0 heterocycles. The molecule has 0 aromatic rings. The minimum atomic E-state index is -0.678. The van der Waals surface area contributed by atoms with Crippen molar-refractivity contribution in [2.45, 2.75) is 83.2 Å². The second-order valence-corrected chi connectivity index (χ2v) is 5.24. The monoisotopic (exact) mass is 241 g/mol. The first-order valence-electron chi connectivity index (χ1n) is 7.23. The molecule has 2 N–H and O–H groups in total. The number of rotatable bonds is 11. The van der Waals surface area contributed by atoms with Gasteiger partial charge in [-0.3, -0.25) is 4.79 Å². The Balaban J connectivity index is 1.96. The first kappa shape index (κ1) is 14.5. The van der Waals surface area contributed by atoms with Gasteiger partial charge in [-0.25, -0.2) is 0 Å². The van der Waals surface area contributed by atoms with Crippen LogP contribution in [-0.2, 0) is 4.79 Å². The SMILES string of the molecule is CCCCCCCCCC(NC1CC1)C(=O)O. The van der Waals surface area contributed by atoms with E-state index < -0.39 is 5.97 Å². The standard InChI is InChI=1S/C14H27NO2/c1-2-3-4-5-6-7-8-9-13(14(16)17)15-12-10-11-12/h12-13,15H,2-11H2,1H3,(H,16,17). The van der Waals surface area contributed by atoms with Crippen LogP contribution in [0.2, 0.25) is 0 Å². The van der Waals surface area contributed by atoms with Gasteiger partial charge in [-0.2, -0.15) is 0 Å². The predicted molar refractivity (Wildman–Crippen MR) is 70.2 cm³/mol. The molecule has 1 fully saturated rings. The fraction of sp³-hybridized carbons (Fsp3) is 0.929. The Bertz CT molecular complexity index is 214. The Labute approximate surface area is 105 Å². The lowest BCUT2D eigenvalue weighted by molar-refractivity contribution is -0.139. The van der Waals surface area contributed by atoms with Crippen molar-refractivity contribution in [1.29, 1.82) is 0 Å². The highest BCUT2D eigenvalue weighted by Gasteiger charge is 2.27. The van der Waals surface area contributed by atoms with E-state index in [1.807, 2.05) is 0 Å². The molecule has 1 rings (SSSR count). The number of unbranched alkanes of at least 4 members (excludes halogenated alkanes) is 6. The molecule has 17 heavy (non-hydrogen) atoms. The molecule has 1 aliphatic carbocycles. The van der Waals surface area contributed by atoms with Gasteiger partial charge >= 0.3 is 5.97 Å². The van der Waals surface area contributed by atoms with E-state index in [-0.39, 0.29) is 6.04 Å². The third-order valence-corrected chi connectivity index (χ3v) is 3.41. The van der Waals surface area contributed by atoms with Crippen molar-refractivity contribution in [3.8, 4) is 0 Å². The number of aliphatic carboxylic acids is 1. The van der Waals surface area contributed by atoms with E-state index in [1.54, 1.807) is 0 Å². The highest BCUT2D eigenvalue weighted by Crippen LogP contribution is 2.20. The highest BCUT2D eigenvalue weighted by molar-refractivity contribution is 5.73. The molecule has 1 unspecified atom stereocenters. The molecule has 1 saturated carbocycles. The molecule has 0 radical (unpaired) electrons. The zero-order valence-electron chi connectivity index (χ0n) is 11.1. The van der Waals surface area contributed by atoms with Crippen molar-refractivity contribution < 1.29 is 9.90 Å². The quantitative estimate of drug-likeness (QED) is 0.545. The normalized spacial score (nSPS) is 17.0. The van der Waals surface area contributed by atoms with Gasteiger partial charge in [0.2, 0.25) is 0 Å². The maximum atomic E-state index is 11.0. The van der Waals surface area contributed by atoms with Crippen LogP contribution in [0.3, 0.4) is 0 Å². The zero-order chi connectivity index (χ0) is 12.5. The van der Waals surface area contributed by atoms with Crippen molar-refractivity contribution in [2.24, 2.45) is 0 Å². The summed E-state index contributed by atoms with van der Waals surface area (Å²) in [6, 6.07) is 0.179. The molecule has 0 aromatic heterocycles. The van der Waals surface area contributed by atoms with E-state index in [1.165, 1.54) is 38.5 Å². The fourth-order valence-electron chi connectivity index (χ4n) is 2.12. The van der Waals surface area contributed by atoms with E-state index in [9.17, 15) is 4.79 Å². The summed E-state index contributed by atoms with van der Waals surface area (Å²) in [7, 11) is 0. The first-order chi connectivity index (χ1) is 8.24. The van der Waals surface area contributed by atoms with E-state index in [0.717, 1.165) is 25.7 Å². The van der Waals surface area contributed by atoms with Gasteiger partial charge in [-0.15, -0.1) is 0 Å². The van der Waals surface area contributed by atoms with Gasteiger partial charge < -0.3 is 10.4 Å². The summed E-state index contributed by atoms with van der Waals surface area (Å²) in [5.74, 6) is -0.678. The molecule has 0 spiro atoms. The largest absolute Gasteiger partial charge is 0.480 e. The lowest BCUT2D eigenvalue weighted by Crippen LogP contribution is -2.37. The molecule has 3 heteroatoms. The minimum absolute atomic E-state index is 0.307. The van der Waals surface area contributed by atoms with Crippen LogP contribution < -0.4 is 5.32 Å². The summed E-state index contributed by atoms with van der Waals surface area (Å²) in [6.07, 6.45) is 11.8. The third kappa shape index (κ3) is 7.37. The van der Waals surface area contributed by atoms with E-state index in [2.05, 4.69) is 12.2 Å². The van der Waals surface area contributed by atoms with Crippen LogP contribution in [0, 0.1) is 0 Å². The van der Waals surface area contributed by atoms with Crippen LogP contribution in [0.5, 0.6) is 0 Å². The third-order valence-electron chi connectivity index (χ3n) is 3.41. The average molecular weight is 241 g/mol. The van der Waals surface area contributed by atoms with Gasteiger partial charge in [0.15, 0.2) is 0 Å². The Hall–Kier alpha value is -0.570. The van der Waals surface area contributed by atoms with Gasteiger partial charge in [0, 0.05) is 6.04 Å². The summed E-state index contributed by atoms with van der Waals surface area (Å²) < 4.78 is 0. The molecule has 0 amide bonds. The van der Waals surface area contributed by atoms with E-state index in [4.69, 9.17) is 5.11 Å². The maximum Gasteiger partial charge on any atom is 0.320 e. The number of hydrogen-bond donors (Lipinski definition) is 2. The van der Waals surface area contributed by atoms with Gasteiger partial charge in [0.1, 0.15) is 6.04 Å². The van der Waals surface area contributed by atoms with Crippen LogP contribution in [0.25, 0.3) is 0 Å². The summed E-state index contributed by atoms with van der Waals surface area (Å²) in [5, 5.41) is 12.3. The van der Waals surface area contributed by atoms with Crippen LogP contribution >= 0.6 is 0 Å². The van der Waals surface area contributed by atoms with Crippen molar-refractivity contribution >= 4 is 5.97 Å². The predicted octanol–water partition coefficient (Wildman–Crippen LogP) is 3.33. The van der Waals surface area contributed by atoms with Crippen molar-refractivity contribution in [2.75, 3.05) is 0 Å². The summed E-state index contributed by atoms with van der Waals surface area (Å²) in [6.45, 7) is 2.22. The van der Waals surface area contributed by atoms with Crippen LogP contribution in [0.15, 0.2) is 0 Å². The van der Waals surface area contributed by atoms with Crippen LogP contribution in [0.4, 0.5) is 0 Å². The minimum Gasteiger partial charge on any atom is -0.480 e. The van der Waals surface area contributed by atoms with Gasteiger partial charge in [-0.1, -0.05) is 51.9 Å². The molecule has 3 nitrogen and oxygen atoms in total. The fourth-order valence-corrected chi connectivity index (χ4v) is 2.12. The van der Waals surface area contributed by atoms with Gasteiger partial charge in [0.25, 0.3) is 0 Å². The lowest BCUT2D eigenvalue weighted by Gasteiger charge is -2.13. The molecule has 1 atom stereocenters. The van der Waals surface area contributed by atoms with Crippen molar-refractivity contribution in [1.82, 2.24) is 5.32 Å². The Morgan fingerprint density at radius 2 is 1.76 bits per heavy atom. The Morgan fingerprint density at radius 1 is 1.18 bits per heavy atom. The number of carboxylic acids is 1. The molecular formula is C14H27NO2. The molecule has 100 valence electrons. The maximum absolute atomic E-state index is 11.0. The molecule has 0 saturated heterocycles. The molecule has 0 aromatic carbocycles. The van der Waals surface area contributed by atoms with Crippen LogP contribution in [0.1, 0.15) is 71.1 Å². The van der Waals surface area contributed by atoms with Crippen LogP contribution in [-0.4, -0.2) is 23.2 Å². The second-order valence-electron chi connectivity index (χ2n) is 5.24. The number of nitrogens with one attached hydrogen (secondary N) is 1. The molecular weight excluding hydrogens is 214 g/mol. The number of carboxylic acid groups (broad SMARTS) is 1. The molecule has 0 bridgehead atoms. The summed E-state index contributed by atoms with van der Waals surface area (Å²) >= 11 is 0. The van der Waals surface area contributed by atoms with Crippen molar-refractivity contribution in [3.05, 3.63) is 0 Å². The topological polar surface area (TPSA) is 49.3 Å². The molecule has 1 aliphatic rings. The summed E-state index contributed by atoms with van der Waals surface area (Å²) in [4.78, 5) is 11.0. The first-order valence-corrected chi connectivity index (χ1v) is 7.23. The van der Waals surface area contributed by atoms with E-state index in [0.29, 0.717) is 6.04 Å². The molecule has 0 aliphatic heterocycles. The summed E-state index contributed by atoms with van der Waals surface area (Å²) in [5.41, 5.74) is 0.